The molecule has 0 spiro atoms. The molecule has 1 aliphatic heterocycles. The molecule has 1 saturated heterocycles. The van der Waals surface area contributed by atoms with Gasteiger partial charge in [-0.1, -0.05) is 18.2 Å². The third-order valence-corrected chi connectivity index (χ3v) is 8.30. The van der Waals surface area contributed by atoms with Gasteiger partial charge in [0.25, 0.3) is 11.5 Å². The molecule has 1 amide bonds. The van der Waals surface area contributed by atoms with Crippen molar-refractivity contribution in [2.24, 2.45) is 7.05 Å². The lowest BCUT2D eigenvalue weighted by Crippen LogP contribution is -2.53. The fraction of sp³-hybridized carbons (Fsp3) is 0.333. The molecular formula is C33H31F5N4O5. The molecule has 14 heteroatoms. The number of nitrogens with zero attached hydrogens (tertiary/aromatic N) is 3. The average molecular weight is 659 g/mol. The predicted octanol–water partition coefficient (Wildman–Crippen LogP) is 4.78. The van der Waals surface area contributed by atoms with E-state index in [2.05, 4.69) is 10.3 Å². The van der Waals surface area contributed by atoms with Crippen LogP contribution < -0.4 is 15.8 Å². The zero-order chi connectivity index (χ0) is 34.2. The van der Waals surface area contributed by atoms with Crippen LogP contribution in [0.4, 0.5) is 27.6 Å². The highest BCUT2D eigenvalue weighted by atomic mass is 19.4. The third kappa shape index (κ3) is 6.55. The van der Waals surface area contributed by atoms with E-state index in [1.165, 1.54) is 4.57 Å². The maximum Gasteiger partial charge on any atom is 0.411 e. The van der Waals surface area contributed by atoms with Gasteiger partial charge in [-0.25, -0.2) is 13.6 Å². The van der Waals surface area contributed by atoms with Gasteiger partial charge in [0.15, 0.2) is 0 Å². The molecule has 2 atom stereocenters. The highest BCUT2D eigenvalue weighted by molar-refractivity contribution is 5.99. The summed E-state index contributed by atoms with van der Waals surface area (Å²) in [4.78, 5) is 44.5. The van der Waals surface area contributed by atoms with Gasteiger partial charge in [0.05, 0.1) is 31.4 Å². The number of alkyl halides is 3. The van der Waals surface area contributed by atoms with Gasteiger partial charge in [-0.15, -0.1) is 0 Å². The lowest BCUT2D eigenvalue weighted by molar-refractivity contribution is -0.167. The van der Waals surface area contributed by atoms with Crippen molar-refractivity contribution >= 4 is 28.5 Å². The van der Waals surface area contributed by atoms with Crippen molar-refractivity contribution in [3.8, 4) is 11.1 Å². The number of esters is 1. The molecule has 2 aromatic heterocycles. The Bertz CT molecular complexity index is 1900. The van der Waals surface area contributed by atoms with Crippen molar-refractivity contribution in [3.63, 3.8) is 0 Å². The fourth-order valence-electron chi connectivity index (χ4n) is 5.83. The van der Waals surface area contributed by atoms with E-state index < -0.39 is 59.6 Å². The Kier molecular flexibility index (Phi) is 9.34. The number of morpholine rings is 1. The number of pyridine rings is 2. The number of anilines is 1. The van der Waals surface area contributed by atoms with Gasteiger partial charge in [-0.2, -0.15) is 13.2 Å². The Morgan fingerprint density at radius 3 is 2.49 bits per heavy atom. The van der Waals surface area contributed by atoms with Gasteiger partial charge in [0, 0.05) is 48.5 Å². The van der Waals surface area contributed by atoms with Crippen molar-refractivity contribution in [3.05, 3.63) is 93.0 Å². The molecule has 0 saturated carbocycles. The second-order valence-electron chi connectivity index (χ2n) is 11.2. The Morgan fingerprint density at radius 1 is 1.13 bits per heavy atom. The van der Waals surface area contributed by atoms with E-state index in [-0.39, 0.29) is 25.1 Å². The van der Waals surface area contributed by atoms with Crippen LogP contribution in [0.5, 0.6) is 0 Å². The third-order valence-electron chi connectivity index (χ3n) is 8.30. The molecule has 5 rings (SSSR count). The molecule has 0 radical (unpaired) electrons. The first kappa shape index (κ1) is 33.5. The van der Waals surface area contributed by atoms with Crippen molar-refractivity contribution < 1.29 is 41.0 Å². The summed E-state index contributed by atoms with van der Waals surface area (Å²) < 4.78 is 82.4. The molecular weight excluding hydrogens is 627 g/mol. The summed E-state index contributed by atoms with van der Waals surface area (Å²) in [5.41, 5.74) is 1.76. The number of benzene rings is 2. The standard InChI is InChI=1S/C33H31F5N4O5/c1-17-12-18(2)41(3)31(44)27(17)22-8-7-19(21-6-5-9-39-29(21)22)13-25(32(45)46-4)40-30(43)28-23(34)14-20(15-24(28)35)42-10-11-47-16-26(42)33(36,37)38/h5-9,12,14-15,25-26H,10-11,13,16H2,1-4H3,(H,40,43)/t25-,26+/m0/s1. The maximum absolute atomic E-state index is 15.2. The highest BCUT2D eigenvalue weighted by Gasteiger charge is 2.46. The van der Waals surface area contributed by atoms with E-state index in [4.69, 9.17) is 9.47 Å². The predicted molar refractivity (Wildman–Crippen MR) is 163 cm³/mol. The van der Waals surface area contributed by atoms with E-state index in [1.807, 2.05) is 19.9 Å². The van der Waals surface area contributed by atoms with Crippen LogP contribution in [0.25, 0.3) is 22.0 Å². The first-order valence-corrected chi connectivity index (χ1v) is 14.6. The fourth-order valence-corrected chi connectivity index (χ4v) is 5.83. The molecule has 0 bridgehead atoms. The number of methoxy groups -OCH3 is 1. The van der Waals surface area contributed by atoms with Crippen molar-refractivity contribution in [2.45, 2.75) is 38.5 Å². The molecule has 1 N–H and O–H groups in total. The number of fused-ring (bicyclic) bond motifs is 1. The summed E-state index contributed by atoms with van der Waals surface area (Å²) in [6.45, 7) is 2.54. The summed E-state index contributed by atoms with van der Waals surface area (Å²) >= 11 is 0. The van der Waals surface area contributed by atoms with Crippen LogP contribution >= 0.6 is 0 Å². The average Bonchev–Trinajstić information content (AvgIpc) is 3.03. The number of amides is 1. The molecule has 9 nitrogen and oxygen atoms in total. The van der Waals surface area contributed by atoms with Gasteiger partial charge in [0.2, 0.25) is 0 Å². The van der Waals surface area contributed by atoms with Gasteiger partial charge >= 0.3 is 12.1 Å². The number of hydrogen-bond acceptors (Lipinski definition) is 7. The molecule has 0 aliphatic carbocycles. The number of aryl methyl sites for hydroxylation is 2. The summed E-state index contributed by atoms with van der Waals surface area (Å²) in [6.07, 6.45) is -3.37. The first-order chi connectivity index (χ1) is 22.2. The number of aromatic nitrogens is 2. The second kappa shape index (κ2) is 13.1. The molecule has 0 unspecified atom stereocenters. The first-order valence-electron chi connectivity index (χ1n) is 14.6. The number of carbonyl (C=O) groups is 2. The zero-order valence-corrected chi connectivity index (χ0v) is 25.9. The lowest BCUT2D eigenvalue weighted by atomic mass is 9.93. The van der Waals surface area contributed by atoms with Gasteiger partial charge in [-0.05, 0) is 49.2 Å². The van der Waals surface area contributed by atoms with Crippen LogP contribution in [0.2, 0.25) is 0 Å². The minimum absolute atomic E-state index is 0.0919. The van der Waals surface area contributed by atoms with Crippen LogP contribution in [0.15, 0.2) is 53.5 Å². The maximum atomic E-state index is 15.2. The van der Waals surface area contributed by atoms with E-state index in [0.717, 1.165) is 23.3 Å². The minimum Gasteiger partial charge on any atom is -0.467 e. The minimum atomic E-state index is -4.73. The van der Waals surface area contributed by atoms with Crippen molar-refractivity contribution in [1.29, 1.82) is 0 Å². The lowest BCUT2D eigenvalue weighted by Gasteiger charge is -2.38. The van der Waals surface area contributed by atoms with Crippen LogP contribution in [-0.4, -0.2) is 66.6 Å². The Labute approximate surface area is 265 Å². The Balaban J connectivity index is 1.47. The number of hydrogen-bond donors (Lipinski definition) is 1. The summed E-state index contributed by atoms with van der Waals surface area (Å²) in [5, 5.41) is 2.87. The number of nitrogens with one attached hydrogen (secondary N) is 1. The normalized spacial score (nSPS) is 15.9. The van der Waals surface area contributed by atoms with E-state index >= 15 is 8.78 Å². The summed E-state index contributed by atoms with van der Waals surface area (Å²) in [5.74, 6) is -5.05. The zero-order valence-electron chi connectivity index (χ0n) is 25.9. The molecule has 1 aliphatic rings. The molecule has 2 aromatic carbocycles. The molecule has 47 heavy (non-hydrogen) atoms. The van der Waals surface area contributed by atoms with E-state index in [0.29, 0.717) is 39.7 Å². The van der Waals surface area contributed by atoms with E-state index in [9.17, 15) is 27.6 Å². The van der Waals surface area contributed by atoms with Crippen molar-refractivity contribution in [1.82, 2.24) is 14.9 Å². The number of carbonyl (C=O) groups excluding carboxylic acids is 2. The van der Waals surface area contributed by atoms with Gasteiger partial charge in [-0.3, -0.25) is 14.6 Å². The van der Waals surface area contributed by atoms with Crippen LogP contribution in [-0.2, 0) is 27.7 Å². The Hall–Kier alpha value is -4.85. The SMILES string of the molecule is COC(=O)[C@H](Cc1ccc(-c2c(C)cc(C)n(C)c2=O)c2ncccc12)NC(=O)c1c(F)cc(N2CCOC[C@@H]2C(F)(F)F)cc1F. The summed E-state index contributed by atoms with van der Waals surface area (Å²) in [7, 11) is 2.74. The number of ether oxygens (including phenoxy) is 2. The van der Waals surface area contributed by atoms with Gasteiger partial charge in [0.1, 0.15) is 29.3 Å². The molecule has 1 fully saturated rings. The smallest absolute Gasteiger partial charge is 0.411 e. The van der Waals surface area contributed by atoms with Crippen LogP contribution in [0, 0.1) is 25.5 Å². The van der Waals surface area contributed by atoms with Crippen LogP contribution in [0.3, 0.4) is 0 Å². The molecule has 248 valence electrons. The molecule has 4 aromatic rings. The number of rotatable bonds is 7. The monoisotopic (exact) mass is 658 g/mol. The van der Waals surface area contributed by atoms with Gasteiger partial charge < -0.3 is 24.3 Å². The van der Waals surface area contributed by atoms with Crippen molar-refractivity contribution in [2.75, 3.05) is 31.8 Å². The largest absolute Gasteiger partial charge is 0.467 e. The highest BCUT2D eigenvalue weighted by Crippen LogP contribution is 2.33. The quantitative estimate of drug-likeness (QED) is 0.225. The second-order valence-corrected chi connectivity index (χ2v) is 11.2. The summed E-state index contributed by atoms with van der Waals surface area (Å²) in [6, 6.07) is 6.33. The number of halogens is 5. The Morgan fingerprint density at radius 2 is 1.83 bits per heavy atom. The van der Waals surface area contributed by atoms with Crippen LogP contribution in [0.1, 0.15) is 27.2 Å². The molecule has 3 heterocycles. The van der Waals surface area contributed by atoms with E-state index in [1.54, 1.807) is 37.5 Å². The topological polar surface area (TPSA) is 103 Å².